The monoisotopic (exact) mass is 335 g/mol. The highest BCUT2D eigenvalue weighted by molar-refractivity contribution is 7.89. The van der Waals surface area contributed by atoms with E-state index in [-0.39, 0.29) is 29.0 Å². The summed E-state index contributed by atoms with van der Waals surface area (Å²) in [6, 6.07) is 2.44. The summed E-state index contributed by atoms with van der Waals surface area (Å²) in [6.07, 6.45) is 0.678. The van der Waals surface area contributed by atoms with E-state index in [1.807, 2.05) is 0 Å². The molecule has 1 aromatic carbocycles. The van der Waals surface area contributed by atoms with Crippen molar-refractivity contribution in [1.29, 1.82) is 0 Å². The summed E-state index contributed by atoms with van der Waals surface area (Å²) in [7, 11) is -3.89. The van der Waals surface area contributed by atoms with Crippen LogP contribution in [0.25, 0.3) is 0 Å². The van der Waals surface area contributed by atoms with Crippen LogP contribution < -0.4 is 10.0 Å². The molecule has 1 fully saturated rings. The van der Waals surface area contributed by atoms with Crippen LogP contribution in [0.4, 0.5) is 5.69 Å². The zero-order valence-electron chi connectivity index (χ0n) is 11.8. The summed E-state index contributed by atoms with van der Waals surface area (Å²) < 4.78 is 27.2. The molecule has 2 N–H and O–H groups in total. The Hall–Kier alpha value is -1.22. The van der Waals surface area contributed by atoms with Gasteiger partial charge < -0.3 is 5.32 Å². The van der Waals surface area contributed by atoms with Crippen LogP contribution in [0.1, 0.15) is 17.5 Å². The van der Waals surface area contributed by atoms with E-state index in [9.17, 15) is 18.5 Å². The third kappa shape index (κ3) is 3.91. The Kier molecular flexibility index (Phi) is 5.68. The van der Waals surface area contributed by atoms with E-state index in [0.717, 1.165) is 6.54 Å². The van der Waals surface area contributed by atoms with Crippen LogP contribution in [0.3, 0.4) is 0 Å². The number of hydrogen-bond acceptors (Lipinski definition) is 5. The first-order chi connectivity index (χ1) is 9.31. The van der Waals surface area contributed by atoms with Crippen LogP contribution in [-0.2, 0) is 10.0 Å². The van der Waals surface area contributed by atoms with Gasteiger partial charge in [0.05, 0.1) is 4.92 Å². The highest BCUT2D eigenvalue weighted by Gasteiger charge is 2.29. The second-order valence-electron chi connectivity index (χ2n) is 4.97. The van der Waals surface area contributed by atoms with Gasteiger partial charge in [-0.15, -0.1) is 12.4 Å². The van der Waals surface area contributed by atoms with E-state index in [0.29, 0.717) is 24.1 Å². The first kappa shape index (κ1) is 17.8. The fourth-order valence-electron chi connectivity index (χ4n) is 2.17. The first-order valence-corrected chi connectivity index (χ1v) is 7.78. The lowest BCUT2D eigenvalue weighted by atomic mass is 10.1. The standard InChI is InChI=1S/C12H17N3O4S.ClH/c1-8-5-11(15(16)17)12(6-9(8)2)20(18,19)14-10-3-4-13-7-10;/h5-6,10,13-14H,3-4,7H2,1-2H3;1H. The second-order valence-corrected chi connectivity index (χ2v) is 6.65. The molecule has 1 aliphatic heterocycles. The molecule has 0 bridgehead atoms. The largest absolute Gasteiger partial charge is 0.315 e. The van der Waals surface area contributed by atoms with Crippen LogP contribution in [-0.4, -0.2) is 32.5 Å². The minimum Gasteiger partial charge on any atom is -0.315 e. The molecule has 21 heavy (non-hydrogen) atoms. The SMILES string of the molecule is Cc1cc([N+](=O)[O-])c(S(=O)(=O)NC2CCNC2)cc1C.Cl. The average Bonchev–Trinajstić information content (AvgIpc) is 2.83. The van der Waals surface area contributed by atoms with Crippen molar-refractivity contribution in [3.05, 3.63) is 33.4 Å². The number of benzene rings is 1. The van der Waals surface area contributed by atoms with Crippen molar-refractivity contribution in [2.75, 3.05) is 13.1 Å². The number of rotatable bonds is 4. The fraction of sp³-hybridized carbons (Fsp3) is 0.500. The minimum absolute atomic E-state index is 0. The molecule has 118 valence electrons. The highest BCUT2D eigenvalue weighted by atomic mass is 35.5. The van der Waals surface area contributed by atoms with Crippen LogP contribution in [0.5, 0.6) is 0 Å². The van der Waals surface area contributed by atoms with Gasteiger partial charge in [-0.25, -0.2) is 13.1 Å². The molecule has 9 heteroatoms. The Balaban J connectivity index is 0.00000220. The molecule has 2 rings (SSSR count). The van der Waals surface area contributed by atoms with Crippen LogP contribution >= 0.6 is 12.4 Å². The minimum atomic E-state index is -3.89. The summed E-state index contributed by atoms with van der Waals surface area (Å²) in [4.78, 5) is 10.1. The topological polar surface area (TPSA) is 101 Å². The van der Waals surface area contributed by atoms with E-state index in [1.54, 1.807) is 13.8 Å². The molecule has 0 radical (unpaired) electrons. The Morgan fingerprint density at radius 2 is 1.95 bits per heavy atom. The van der Waals surface area contributed by atoms with E-state index in [2.05, 4.69) is 10.0 Å². The molecule has 0 amide bonds. The number of nitro benzene ring substituents is 1. The summed E-state index contributed by atoms with van der Waals surface area (Å²) in [5.74, 6) is 0. The summed E-state index contributed by atoms with van der Waals surface area (Å²) >= 11 is 0. The molecule has 0 aromatic heterocycles. The molecule has 1 heterocycles. The summed E-state index contributed by atoms with van der Waals surface area (Å²) in [6.45, 7) is 4.72. The van der Waals surface area contributed by atoms with Crippen molar-refractivity contribution in [1.82, 2.24) is 10.0 Å². The van der Waals surface area contributed by atoms with Gasteiger partial charge in [-0.2, -0.15) is 0 Å². The number of sulfonamides is 1. The average molecular weight is 336 g/mol. The second kappa shape index (κ2) is 6.69. The van der Waals surface area contributed by atoms with Gasteiger partial charge in [0.1, 0.15) is 0 Å². The third-order valence-electron chi connectivity index (χ3n) is 3.44. The van der Waals surface area contributed by atoms with E-state index in [1.165, 1.54) is 12.1 Å². The highest BCUT2D eigenvalue weighted by Crippen LogP contribution is 2.27. The number of hydrogen-bond donors (Lipinski definition) is 2. The smallest absolute Gasteiger partial charge is 0.289 e. The fourth-order valence-corrected chi connectivity index (χ4v) is 3.68. The van der Waals surface area contributed by atoms with E-state index >= 15 is 0 Å². The number of nitrogens with one attached hydrogen (secondary N) is 2. The normalized spacial score (nSPS) is 18.3. The number of nitrogens with zero attached hydrogens (tertiary/aromatic N) is 1. The van der Waals surface area contributed by atoms with Gasteiger partial charge in [0.25, 0.3) is 5.69 Å². The van der Waals surface area contributed by atoms with Crippen LogP contribution in [0.2, 0.25) is 0 Å². The Morgan fingerprint density at radius 1 is 1.33 bits per heavy atom. The lowest BCUT2D eigenvalue weighted by Crippen LogP contribution is -2.36. The van der Waals surface area contributed by atoms with Crippen molar-refractivity contribution in [3.8, 4) is 0 Å². The Labute approximate surface area is 129 Å². The first-order valence-electron chi connectivity index (χ1n) is 6.30. The predicted molar refractivity (Wildman–Crippen MR) is 81.4 cm³/mol. The van der Waals surface area contributed by atoms with Crippen molar-refractivity contribution < 1.29 is 13.3 Å². The number of aryl methyl sites for hydroxylation is 2. The van der Waals surface area contributed by atoms with Crippen molar-refractivity contribution >= 4 is 28.1 Å². The maximum atomic E-state index is 12.3. The van der Waals surface area contributed by atoms with E-state index < -0.39 is 14.9 Å². The van der Waals surface area contributed by atoms with Gasteiger partial charge in [0.2, 0.25) is 10.0 Å². The van der Waals surface area contributed by atoms with Gasteiger partial charge in [0.15, 0.2) is 4.90 Å². The molecule has 1 unspecified atom stereocenters. The molecular weight excluding hydrogens is 318 g/mol. The lowest BCUT2D eigenvalue weighted by Gasteiger charge is -2.13. The lowest BCUT2D eigenvalue weighted by molar-refractivity contribution is -0.387. The molecule has 7 nitrogen and oxygen atoms in total. The van der Waals surface area contributed by atoms with Crippen molar-refractivity contribution in [2.24, 2.45) is 0 Å². The summed E-state index contributed by atoms with van der Waals surface area (Å²) in [5, 5.41) is 14.1. The Bertz CT molecular complexity index is 642. The molecule has 1 atom stereocenters. The molecular formula is C12H18ClN3O4S. The van der Waals surface area contributed by atoms with Gasteiger partial charge in [0, 0.05) is 18.7 Å². The Morgan fingerprint density at radius 3 is 2.48 bits per heavy atom. The maximum Gasteiger partial charge on any atom is 0.289 e. The van der Waals surface area contributed by atoms with E-state index in [4.69, 9.17) is 0 Å². The van der Waals surface area contributed by atoms with Gasteiger partial charge in [-0.1, -0.05) is 0 Å². The number of nitro groups is 1. The zero-order valence-corrected chi connectivity index (χ0v) is 13.4. The van der Waals surface area contributed by atoms with Crippen LogP contribution in [0, 0.1) is 24.0 Å². The summed E-state index contributed by atoms with van der Waals surface area (Å²) in [5.41, 5.74) is 1.02. The molecule has 1 aromatic rings. The molecule has 0 saturated carbocycles. The third-order valence-corrected chi connectivity index (χ3v) is 4.99. The predicted octanol–water partition coefficient (Wildman–Crippen LogP) is 1.27. The maximum absolute atomic E-state index is 12.3. The molecule has 1 saturated heterocycles. The van der Waals surface area contributed by atoms with Gasteiger partial charge in [-0.05, 0) is 44.0 Å². The van der Waals surface area contributed by atoms with Crippen molar-refractivity contribution in [3.63, 3.8) is 0 Å². The van der Waals surface area contributed by atoms with Crippen molar-refractivity contribution in [2.45, 2.75) is 31.2 Å². The zero-order chi connectivity index (χ0) is 14.9. The molecule has 0 spiro atoms. The van der Waals surface area contributed by atoms with Gasteiger partial charge in [-0.3, -0.25) is 10.1 Å². The molecule has 1 aliphatic rings. The number of halogens is 1. The quantitative estimate of drug-likeness (QED) is 0.637. The van der Waals surface area contributed by atoms with Gasteiger partial charge >= 0.3 is 0 Å². The molecule has 0 aliphatic carbocycles. The van der Waals surface area contributed by atoms with Crippen LogP contribution in [0.15, 0.2) is 17.0 Å².